The van der Waals surface area contributed by atoms with Gasteiger partial charge in [-0.25, -0.2) is 15.2 Å². The molecule has 1 unspecified atom stereocenters. The number of hydrazine groups is 1. The fourth-order valence-corrected chi connectivity index (χ4v) is 5.93. The number of aromatic nitrogens is 2. The molecule has 0 radical (unpaired) electrons. The Kier molecular flexibility index (Phi) is 4.67. The molecule has 0 spiro atoms. The van der Waals surface area contributed by atoms with Crippen LogP contribution in [0.5, 0.6) is 5.75 Å². The predicted octanol–water partition coefficient (Wildman–Crippen LogP) is 5.44. The van der Waals surface area contributed by atoms with Crippen LogP contribution in [0.1, 0.15) is 29.4 Å². The third-order valence-corrected chi connectivity index (χ3v) is 7.67. The van der Waals surface area contributed by atoms with Gasteiger partial charge in [-0.1, -0.05) is 29.4 Å². The van der Waals surface area contributed by atoms with E-state index in [-0.39, 0.29) is 17.7 Å². The number of nitrogens with zero attached hydrogens (tertiary/aromatic N) is 3. The largest absolute Gasteiger partial charge is 0.505 e. The molecule has 0 bridgehead atoms. The maximum absolute atomic E-state index is 13.5. The van der Waals surface area contributed by atoms with E-state index in [0.717, 1.165) is 55.4 Å². The normalized spacial score (nSPS) is 16.6. The van der Waals surface area contributed by atoms with E-state index in [1.165, 1.54) is 12.1 Å². The lowest BCUT2D eigenvalue weighted by Gasteiger charge is -2.25. The van der Waals surface area contributed by atoms with Gasteiger partial charge in [-0.15, -0.1) is 0 Å². The molecule has 35 heavy (non-hydrogen) atoms. The Balaban J connectivity index is 1.27. The molecule has 7 rings (SSSR count). The third-order valence-electron chi connectivity index (χ3n) is 7.03. The summed E-state index contributed by atoms with van der Waals surface area (Å²) in [4.78, 5) is 2.23. The van der Waals surface area contributed by atoms with Crippen molar-refractivity contribution in [1.29, 1.82) is 0 Å². The van der Waals surface area contributed by atoms with Gasteiger partial charge in [-0.3, -0.25) is 0 Å². The Morgan fingerprint density at radius 2 is 2.06 bits per heavy atom. The molecule has 0 saturated carbocycles. The van der Waals surface area contributed by atoms with Crippen LogP contribution in [0.2, 0.25) is 0 Å². The molecule has 0 amide bonds. The molecule has 2 aromatic heterocycles. The Labute approximate surface area is 208 Å². The fraction of sp³-hybridized carbons (Fsp3) is 0.192. The van der Waals surface area contributed by atoms with Gasteiger partial charge in [-0.2, -0.15) is 0 Å². The molecule has 176 valence electrons. The van der Waals surface area contributed by atoms with Crippen molar-refractivity contribution in [1.82, 2.24) is 20.6 Å². The summed E-state index contributed by atoms with van der Waals surface area (Å²) < 4.78 is 21.8. The number of phenols is 1. The van der Waals surface area contributed by atoms with Crippen molar-refractivity contribution in [2.75, 3.05) is 11.6 Å². The lowest BCUT2D eigenvalue weighted by Crippen LogP contribution is -2.27. The van der Waals surface area contributed by atoms with Crippen LogP contribution in [0.4, 0.5) is 10.1 Å². The van der Waals surface area contributed by atoms with E-state index in [9.17, 15) is 9.50 Å². The van der Waals surface area contributed by atoms with E-state index < -0.39 is 0 Å². The Bertz CT molecular complexity index is 1630. The summed E-state index contributed by atoms with van der Waals surface area (Å²) in [6.45, 7) is 0.624. The van der Waals surface area contributed by atoms with Crippen LogP contribution in [-0.4, -0.2) is 21.5 Å². The van der Waals surface area contributed by atoms with E-state index in [4.69, 9.17) is 4.52 Å². The number of phenolic OH excluding ortho intramolecular Hbond substituents is 1. The number of nitrogens with one attached hydrogen (secondary N) is 2. The highest BCUT2D eigenvalue weighted by atomic mass is 79.9. The Morgan fingerprint density at radius 1 is 1.14 bits per heavy atom. The number of rotatable bonds is 4. The Hall–Kier alpha value is -3.40. The molecule has 0 aliphatic carbocycles. The number of hydrogen-bond acceptors (Lipinski definition) is 6. The first-order valence-electron chi connectivity index (χ1n) is 11.5. The predicted molar refractivity (Wildman–Crippen MR) is 135 cm³/mol. The second-order valence-corrected chi connectivity index (χ2v) is 9.86. The topological polar surface area (TPSA) is 78.5 Å². The van der Waals surface area contributed by atoms with Crippen LogP contribution in [0.15, 0.2) is 63.7 Å². The highest BCUT2D eigenvalue weighted by Gasteiger charge is 2.35. The first kappa shape index (κ1) is 20.9. The van der Waals surface area contributed by atoms with Gasteiger partial charge in [0.2, 0.25) is 0 Å². The van der Waals surface area contributed by atoms with Crippen molar-refractivity contribution in [3.05, 3.63) is 81.8 Å². The van der Waals surface area contributed by atoms with Crippen LogP contribution in [0.3, 0.4) is 0 Å². The minimum Gasteiger partial charge on any atom is -0.505 e. The standard InChI is InChI=1S/C26H21BrFN5O2/c27-19-12-32-23-16(19)4-2-5-18(23)26-30-29-13-33(26)21-10-7-14(25(34)24(21)32)3-1-6-20-17-9-8-15(28)11-22(17)35-31-20/h2,4-5,7-12,26,29-30,34H,1,3,6,13H2. The average Bonchev–Trinajstić information content (AvgIpc) is 3.56. The monoisotopic (exact) mass is 533 g/mol. The molecule has 2 aliphatic heterocycles. The average molecular weight is 534 g/mol. The molecule has 5 aromatic rings. The zero-order valence-electron chi connectivity index (χ0n) is 18.6. The van der Waals surface area contributed by atoms with E-state index >= 15 is 0 Å². The Morgan fingerprint density at radius 3 is 2.97 bits per heavy atom. The maximum atomic E-state index is 13.5. The summed E-state index contributed by atoms with van der Waals surface area (Å²) in [5.74, 6) is -0.0607. The molecular formula is C26H21BrFN5O2. The minimum absolute atomic E-state index is 0.0453. The van der Waals surface area contributed by atoms with Gasteiger partial charge >= 0.3 is 0 Å². The second kappa shape index (κ2) is 7.81. The molecule has 3 N–H and O–H groups in total. The summed E-state index contributed by atoms with van der Waals surface area (Å²) in [5.41, 5.74) is 12.7. The molecule has 1 atom stereocenters. The first-order valence-corrected chi connectivity index (χ1v) is 12.3. The third kappa shape index (κ3) is 3.12. The summed E-state index contributed by atoms with van der Waals surface area (Å²) in [7, 11) is 0. The SMILES string of the molecule is Oc1c(CCCc2noc3cc(F)ccc23)ccc2c1-n1cc(Br)c3cccc(c31)C1NNCN21. The second-order valence-electron chi connectivity index (χ2n) is 9.01. The smallest absolute Gasteiger partial charge is 0.170 e. The van der Waals surface area contributed by atoms with Crippen molar-refractivity contribution < 1.29 is 14.0 Å². The summed E-state index contributed by atoms with van der Waals surface area (Å²) in [6, 6.07) is 14.9. The molecular weight excluding hydrogens is 513 g/mol. The maximum Gasteiger partial charge on any atom is 0.170 e. The molecule has 3 aromatic carbocycles. The number of halogens is 2. The number of fused-ring (bicyclic) bond motifs is 6. The quantitative estimate of drug-likeness (QED) is 0.285. The minimum atomic E-state index is -0.340. The van der Waals surface area contributed by atoms with Gasteiger partial charge in [0.05, 0.1) is 23.6 Å². The van der Waals surface area contributed by atoms with Crippen molar-refractivity contribution in [2.45, 2.75) is 25.4 Å². The van der Waals surface area contributed by atoms with Gasteiger partial charge in [0, 0.05) is 33.1 Å². The van der Waals surface area contributed by atoms with E-state index in [1.807, 2.05) is 12.3 Å². The van der Waals surface area contributed by atoms with Gasteiger partial charge in [-0.05, 0) is 59.0 Å². The lowest BCUT2D eigenvalue weighted by molar-refractivity contribution is 0.442. The number of anilines is 1. The van der Waals surface area contributed by atoms with Gasteiger partial charge in [0.15, 0.2) is 5.58 Å². The van der Waals surface area contributed by atoms with Crippen LogP contribution < -0.4 is 15.8 Å². The highest BCUT2D eigenvalue weighted by Crippen LogP contribution is 2.46. The summed E-state index contributed by atoms with van der Waals surface area (Å²) in [6.07, 6.45) is 4.09. The van der Waals surface area contributed by atoms with Crippen LogP contribution >= 0.6 is 15.9 Å². The summed E-state index contributed by atoms with van der Waals surface area (Å²) in [5, 5.41) is 17.6. The zero-order chi connectivity index (χ0) is 23.7. The van der Waals surface area contributed by atoms with Crippen molar-refractivity contribution in [3.63, 3.8) is 0 Å². The molecule has 7 nitrogen and oxygen atoms in total. The number of para-hydroxylation sites is 1. The molecule has 9 heteroatoms. The van der Waals surface area contributed by atoms with Crippen molar-refractivity contribution in [2.24, 2.45) is 0 Å². The zero-order valence-corrected chi connectivity index (χ0v) is 20.1. The van der Waals surface area contributed by atoms with Gasteiger partial charge in [0.1, 0.15) is 23.4 Å². The molecule has 1 fully saturated rings. The highest BCUT2D eigenvalue weighted by molar-refractivity contribution is 9.10. The molecule has 4 heterocycles. The number of aryl methyl sites for hydroxylation is 2. The van der Waals surface area contributed by atoms with E-state index in [1.54, 1.807) is 6.07 Å². The van der Waals surface area contributed by atoms with Crippen LogP contribution in [-0.2, 0) is 12.8 Å². The van der Waals surface area contributed by atoms with Crippen molar-refractivity contribution >= 4 is 43.5 Å². The molecule has 1 saturated heterocycles. The van der Waals surface area contributed by atoms with E-state index in [2.05, 4.69) is 65.7 Å². The van der Waals surface area contributed by atoms with Crippen LogP contribution in [0, 0.1) is 5.82 Å². The number of benzene rings is 3. The first-order chi connectivity index (χ1) is 17.1. The lowest BCUT2D eigenvalue weighted by atomic mass is 10.0. The number of hydrogen-bond donors (Lipinski definition) is 3. The van der Waals surface area contributed by atoms with E-state index in [0.29, 0.717) is 25.1 Å². The van der Waals surface area contributed by atoms with Crippen LogP contribution in [0.25, 0.3) is 27.6 Å². The molecule has 2 aliphatic rings. The summed E-state index contributed by atoms with van der Waals surface area (Å²) >= 11 is 3.71. The van der Waals surface area contributed by atoms with Gasteiger partial charge in [0.25, 0.3) is 0 Å². The fourth-order valence-electron chi connectivity index (χ4n) is 5.41. The van der Waals surface area contributed by atoms with Gasteiger partial charge < -0.3 is 19.1 Å². The number of aromatic hydroxyl groups is 1. The van der Waals surface area contributed by atoms with Crippen molar-refractivity contribution in [3.8, 4) is 11.4 Å².